The van der Waals surface area contributed by atoms with Crippen molar-refractivity contribution in [2.45, 2.75) is 6.61 Å². The fourth-order valence-corrected chi connectivity index (χ4v) is 2.80. The molecular weight excluding hydrogens is 376 g/mol. The van der Waals surface area contributed by atoms with E-state index < -0.39 is 0 Å². The Kier molecular flexibility index (Phi) is 6.76. The zero-order valence-corrected chi connectivity index (χ0v) is 16.2. The SMILES string of the molecule is COc1ccc(NCC(=O)Nc2ccc(OCc3ccccc3)cc2)cc1Cl. The topological polar surface area (TPSA) is 59.6 Å². The fraction of sp³-hybridized carbons (Fsp3) is 0.136. The van der Waals surface area contributed by atoms with Crippen molar-refractivity contribution in [3.8, 4) is 11.5 Å². The van der Waals surface area contributed by atoms with Crippen LogP contribution in [-0.2, 0) is 11.4 Å². The second-order valence-electron chi connectivity index (χ2n) is 6.05. The predicted octanol–water partition coefficient (Wildman–Crippen LogP) is 4.98. The van der Waals surface area contributed by atoms with Crippen molar-refractivity contribution in [2.24, 2.45) is 0 Å². The molecule has 5 nitrogen and oxygen atoms in total. The number of carbonyl (C=O) groups excluding carboxylic acids is 1. The summed E-state index contributed by atoms with van der Waals surface area (Å²) in [5.41, 5.74) is 2.54. The summed E-state index contributed by atoms with van der Waals surface area (Å²) in [5.74, 6) is 1.17. The summed E-state index contributed by atoms with van der Waals surface area (Å²) in [5, 5.41) is 6.35. The first-order chi connectivity index (χ1) is 13.6. The second-order valence-corrected chi connectivity index (χ2v) is 6.46. The molecular formula is C22H21ClN2O3. The molecule has 0 saturated carbocycles. The fourth-order valence-electron chi connectivity index (χ4n) is 2.54. The molecule has 0 aliphatic carbocycles. The van der Waals surface area contributed by atoms with Crippen LogP contribution in [0.5, 0.6) is 11.5 Å². The maximum atomic E-state index is 12.1. The van der Waals surface area contributed by atoms with E-state index in [2.05, 4.69) is 10.6 Å². The molecule has 0 aliphatic rings. The molecule has 2 N–H and O–H groups in total. The van der Waals surface area contributed by atoms with Gasteiger partial charge in [0.05, 0.1) is 18.7 Å². The van der Waals surface area contributed by atoms with Gasteiger partial charge in [0.25, 0.3) is 0 Å². The number of methoxy groups -OCH3 is 1. The molecule has 0 radical (unpaired) electrons. The summed E-state index contributed by atoms with van der Waals surface area (Å²) < 4.78 is 10.8. The third kappa shape index (κ3) is 5.66. The number of hydrogen-bond acceptors (Lipinski definition) is 4. The van der Waals surface area contributed by atoms with E-state index in [1.54, 1.807) is 25.3 Å². The molecule has 0 aromatic heterocycles. The van der Waals surface area contributed by atoms with E-state index in [1.807, 2.05) is 54.6 Å². The van der Waals surface area contributed by atoms with Crippen LogP contribution < -0.4 is 20.1 Å². The van der Waals surface area contributed by atoms with Gasteiger partial charge < -0.3 is 20.1 Å². The number of ether oxygens (including phenoxy) is 2. The lowest BCUT2D eigenvalue weighted by Gasteiger charge is -2.10. The van der Waals surface area contributed by atoms with Crippen molar-refractivity contribution in [3.63, 3.8) is 0 Å². The molecule has 3 rings (SSSR count). The van der Waals surface area contributed by atoms with Crippen LogP contribution in [0.2, 0.25) is 5.02 Å². The monoisotopic (exact) mass is 396 g/mol. The Morgan fingerprint density at radius 1 is 0.964 bits per heavy atom. The van der Waals surface area contributed by atoms with Crippen LogP contribution in [0.4, 0.5) is 11.4 Å². The van der Waals surface area contributed by atoms with E-state index in [-0.39, 0.29) is 12.5 Å². The minimum absolute atomic E-state index is 0.120. The number of anilines is 2. The molecule has 0 spiro atoms. The van der Waals surface area contributed by atoms with Gasteiger partial charge >= 0.3 is 0 Å². The molecule has 0 aliphatic heterocycles. The molecule has 6 heteroatoms. The summed E-state index contributed by atoms with van der Waals surface area (Å²) in [6.07, 6.45) is 0. The Bertz CT molecular complexity index is 915. The number of carbonyl (C=O) groups is 1. The van der Waals surface area contributed by atoms with Crippen LogP contribution in [0.3, 0.4) is 0 Å². The second kappa shape index (κ2) is 9.67. The minimum Gasteiger partial charge on any atom is -0.495 e. The predicted molar refractivity (Wildman–Crippen MR) is 112 cm³/mol. The zero-order valence-electron chi connectivity index (χ0n) is 15.4. The highest BCUT2D eigenvalue weighted by molar-refractivity contribution is 6.32. The lowest BCUT2D eigenvalue weighted by molar-refractivity contribution is -0.114. The van der Waals surface area contributed by atoms with Crippen LogP contribution in [-0.4, -0.2) is 19.6 Å². The molecule has 144 valence electrons. The highest BCUT2D eigenvalue weighted by Crippen LogP contribution is 2.27. The first-order valence-corrected chi connectivity index (χ1v) is 9.16. The summed E-state index contributed by atoms with van der Waals surface area (Å²) in [6, 6.07) is 22.5. The summed E-state index contributed by atoms with van der Waals surface area (Å²) >= 11 is 6.08. The van der Waals surface area contributed by atoms with Crippen molar-refractivity contribution in [3.05, 3.63) is 83.4 Å². The maximum Gasteiger partial charge on any atom is 0.243 e. The van der Waals surface area contributed by atoms with E-state index in [0.717, 1.165) is 17.0 Å². The summed E-state index contributed by atoms with van der Waals surface area (Å²) in [7, 11) is 1.56. The molecule has 0 saturated heterocycles. The van der Waals surface area contributed by atoms with Gasteiger partial charge in [0, 0.05) is 11.4 Å². The molecule has 0 atom stereocenters. The number of halogens is 1. The maximum absolute atomic E-state index is 12.1. The summed E-state index contributed by atoms with van der Waals surface area (Å²) in [4.78, 5) is 12.1. The van der Waals surface area contributed by atoms with Crippen molar-refractivity contribution >= 4 is 28.9 Å². The quantitative estimate of drug-likeness (QED) is 0.563. The standard InChI is InChI=1S/C22H21ClN2O3/c1-27-21-12-9-18(13-20(21)23)24-14-22(26)25-17-7-10-19(11-8-17)28-15-16-5-3-2-4-6-16/h2-13,24H,14-15H2,1H3,(H,25,26). The Morgan fingerprint density at radius 3 is 2.36 bits per heavy atom. The number of rotatable bonds is 8. The van der Waals surface area contributed by atoms with E-state index in [0.29, 0.717) is 23.1 Å². The van der Waals surface area contributed by atoms with Gasteiger partial charge in [-0.15, -0.1) is 0 Å². The smallest absolute Gasteiger partial charge is 0.243 e. The van der Waals surface area contributed by atoms with E-state index in [4.69, 9.17) is 21.1 Å². The number of hydrogen-bond donors (Lipinski definition) is 2. The van der Waals surface area contributed by atoms with Crippen molar-refractivity contribution in [1.29, 1.82) is 0 Å². The molecule has 3 aromatic carbocycles. The van der Waals surface area contributed by atoms with Crippen LogP contribution >= 0.6 is 11.6 Å². The molecule has 1 amide bonds. The average molecular weight is 397 g/mol. The Hall–Kier alpha value is -3.18. The number of amides is 1. The van der Waals surface area contributed by atoms with Crippen LogP contribution in [0.15, 0.2) is 72.8 Å². The van der Waals surface area contributed by atoms with Gasteiger partial charge in [0.2, 0.25) is 5.91 Å². The minimum atomic E-state index is -0.162. The van der Waals surface area contributed by atoms with Gasteiger partial charge in [0.15, 0.2) is 0 Å². The van der Waals surface area contributed by atoms with Gasteiger partial charge in [-0.05, 0) is 48.0 Å². The Labute approximate surface area is 169 Å². The van der Waals surface area contributed by atoms with Gasteiger partial charge in [-0.1, -0.05) is 41.9 Å². The van der Waals surface area contributed by atoms with Crippen LogP contribution in [0.25, 0.3) is 0 Å². The van der Waals surface area contributed by atoms with Crippen LogP contribution in [0, 0.1) is 0 Å². The molecule has 0 bridgehead atoms. The normalized spacial score (nSPS) is 10.2. The van der Waals surface area contributed by atoms with Gasteiger partial charge in [-0.25, -0.2) is 0 Å². The highest BCUT2D eigenvalue weighted by atomic mass is 35.5. The Balaban J connectivity index is 1.47. The van der Waals surface area contributed by atoms with Gasteiger partial charge in [-0.3, -0.25) is 4.79 Å². The Morgan fingerprint density at radius 2 is 1.68 bits per heavy atom. The van der Waals surface area contributed by atoms with Crippen molar-refractivity contribution in [2.75, 3.05) is 24.3 Å². The van der Waals surface area contributed by atoms with Gasteiger partial charge in [0.1, 0.15) is 18.1 Å². The third-order valence-electron chi connectivity index (χ3n) is 3.99. The number of benzene rings is 3. The number of nitrogens with one attached hydrogen (secondary N) is 2. The van der Waals surface area contributed by atoms with E-state index in [1.165, 1.54) is 0 Å². The van der Waals surface area contributed by atoms with Crippen molar-refractivity contribution < 1.29 is 14.3 Å². The lowest BCUT2D eigenvalue weighted by Crippen LogP contribution is -2.21. The molecule has 0 fully saturated rings. The average Bonchev–Trinajstić information content (AvgIpc) is 2.72. The largest absolute Gasteiger partial charge is 0.495 e. The van der Waals surface area contributed by atoms with E-state index >= 15 is 0 Å². The van der Waals surface area contributed by atoms with E-state index in [9.17, 15) is 4.79 Å². The summed E-state index contributed by atoms with van der Waals surface area (Å²) in [6.45, 7) is 0.621. The van der Waals surface area contributed by atoms with Crippen LogP contribution in [0.1, 0.15) is 5.56 Å². The molecule has 28 heavy (non-hydrogen) atoms. The zero-order chi connectivity index (χ0) is 19.8. The molecule has 0 unspecified atom stereocenters. The first-order valence-electron chi connectivity index (χ1n) is 8.78. The third-order valence-corrected chi connectivity index (χ3v) is 4.29. The molecule has 0 heterocycles. The highest BCUT2D eigenvalue weighted by Gasteiger charge is 2.05. The van der Waals surface area contributed by atoms with Gasteiger partial charge in [-0.2, -0.15) is 0 Å². The molecule has 3 aromatic rings. The first kappa shape index (κ1) is 19.6. The van der Waals surface area contributed by atoms with Crippen molar-refractivity contribution in [1.82, 2.24) is 0 Å². The lowest BCUT2D eigenvalue weighted by atomic mass is 10.2.